The number of hydrogen-bond acceptors (Lipinski definition) is 3. The van der Waals surface area contributed by atoms with Crippen molar-refractivity contribution in [1.82, 2.24) is 10.6 Å². The molecule has 0 aliphatic heterocycles. The number of hydrogen-bond donors (Lipinski definition) is 3. The molecule has 2 amide bonds. The molecule has 0 bridgehead atoms. The summed E-state index contributed by atoms with van der Waals surface area (Å²) in [6.45, 7) is 2.97. The number of amides is 2. The topological polar surface area (TPSA) is 84.2 Å². The lowest BCUT2D eigenvalue weighted by Crippen LogP contribution is -2.47. The van der Waals surface area contributed by atoms with Crippen LogP contribution in [0.4, 0.5) is 0 Å². The Morgan fingerprint density at radius 1 is 0.964 bits per heavy atom. The SMILES string of the molecule is CCCCCC(=O)N[C@@H](Cc1ccccc1)C(=O)NCc1cccc(CN)c1. The smallest absolute Gasteiger partial charge is 0.243 e. The van der Waals surface area contributed by atoms with Crippen LogP contribution in [0, 0.1) is 0 Å². The molecule has 0 radical (unpaired) electrons. The molecule has 5 heteroatoms. The van der Waals surface area contributed by atoms with Crippen LogP contribution < -0.4 is 16.4 Å². The Kier molecular flexibility index (Phi) is 9.22. The van der Waals surface area contributed by atoms with Crippen LogP contribution in [0.2, 0.25) is 0 Å². The molecule has 0 unspecified atom stereocenters. The molecule has 2 rings (SSSR count). The summed E-state index contributed by atoms with van der Waals surface area (Å²) in [5, 5.41) is 5.86. The molecule has 0 spiro atoms. The summed E-state index contributed by atoms with van der Waals surface area (Å²) < 4.78 is 0. The molecule has 2 aromatic carbocycles. The van der Waals surface area contributed by atoms with Crippen LogP contribution in [0.15, 0.2) is 54.6 Å². The van der Waals surface area contributed by atoms with Gasteiger partial charge in [-0.05, 0) is 23.1 Å². The lowest BCUT2D eigenvalue weighted by molar-refractivity contribution is -0.129. The molecule has 0 aliphatic rings. The molecule has 0 saturated heterocycles. The van der Waals surface area contributed by atoms with Crippen molar-refractivity contribution < 1.29 is 9.59 Å². The second-order valence-electron chi connectivity index (χ2n) is 7.01. The molecule has 5 nitrogen and oxygen atoms in total. The maximum Gasteiger partial charge on any atom is 0.243 e. The van der Waals surface area contributed by atoms with Crippen LogP contribution in [-0.4, -0.2) is 17.9 Å². The van der Waals surface area contributed by atoms with Crippen molar-refractivity contribution in [3.63, 3.8) is 0 Å². The zero-order valence-electron chi connectivity index (χ0n) is 16.6. The van der Waals surface area contributed by atoms with Crippen molar-refractivity contribution in [1.29, 1.82) is 0 Å². The molecular formula is C23H31N3O2. The highest BCUT2D eigenvalue weighted by Crippen LogP contribution is 2.07. The van der Waals surface area contributed by atoms with Gasteiger partial charge in [0.15, 0.2) is 0 Å². The van der Waals surface area contributed by atoms with Gasteiger partial charge in [0, 0.05) is 25.9 Å². The maximum atomic E-state index is 12.8. The first kappa shape index (κ1) is 21.6. The van der Waals surface area contributed by atoms with E-state index in [9.17, 15) is 9.59 Å². The van der Waals surface area contributed by atoms with Crippen molar-refractivity contribution in [2.75, 3.05) is 0 Å². The quantitative estimate of drug-likeness (QED) is 0.523. The van der Waals surface area contributed by atoms with E-state index in [0.717, 1.165) is 36.0 Å². The summed E-state index contributed by atoms with van der Waals surface area (Å²) >= 11 is 0. The minimum absolute atomic E-state index is 0.0744. The first-order valence-electron chi connectivity index (χ1n) is 10.0. The van der Waals surface area contributed by atoms with E-state index in [-0.39, 0.29) is 11.8 Å². The standard InChI is InChI=1S/C23H31N3O2/c1-2-3-5-13-22(27)26-21(15-18-9-6-4-7-10-18)23(28)25-17-20-12-8-11-19(14-20)16-24/h4,6-12,14,21H,2-3,5,13,15-17,24H2,1H3,(H,25,28)(H,26,27)/t21-/m0/s1. The predicted octanol–water partition coefficient (Wildman–Crippen LogP) is 3.07. The van der Waals surface area contributed by atoms with Gasteiger partial charge in [-0.15, -0.1) is 0 Å². The zero-order chi connectivity index (χ0) is 20.2. The first-order chi connectivity index (χ1) is 13.6. The molecule has 0 saturated carbocycles. The van der Waals surface area contributed by atoms with E-state index in [0.29, 0.717) is 25.9 Å². The Morgan fingerprint density at radius 2 is 1.68 bits per heavy atom. The fraction of sp³-hybridized carbons (Fsp3) is 0.391. The second kappa shape index (κ2) is 11.9. The second-order valence-corrected chi connectivity index (χ2v) is 7.01. The summed E-state index contributed by atoms with van der Waals surface area (Å²) in [6, 6.07) is 17.0. The monoisotopic (exact) mass is 381 g/mol. The van der Waals surface area contributed by atoms with Gasteiger partial charge in [0.05, 0.1) is 0 Å². The summed E-state index contributed by atoms with van der Waals surface area (Å²) in [7, 11) is 0. The van der Waals surface area contributed by atoms with Gasteiger partial charge in [-0.3, -0.25) is 9.59 Å². The molecule has 0 heterocycles. The number of unbranched alkanes of at least 4 members (excludes halogenated alkanes) is 2. The largest absolute Gasteiger partial charge is 0.350 e. The number of carbonyl (C=O) groups is 2. The van der Waals surface area contributed by atoms with E-state index >= 15 is 0 Å². The fourth-order valence-electron chi connectivity index (χ4n) is 3.04. The zero-order valence-corrected chi connectivity index (χ0v) is 16.6. The average molecular weight is 382 g/mol. The number of benzene rings is 2. The molecule has 0 aliphatic carbocycles. The van der Waals surface area contributed by atoms with E-state index < -0.39 is 6.04 Å². The van der Waals surface area contributed by atoms with Crippen LogP contribution in [0.3, 0.4) is 0 Å². The van der Waals surface area contributed by atoms with Gasteiger partial charge < -0.3 is 16.4 Å². The maximum absolute atomic E-state index is 12.8. The van der Waals surface area contributed by atoms with Crippen LogP contribution in [0.25, 0.3) is 0 Å². The van der Waals surface area contributed by atoms with Crippen LogP contribution >= 0.6 is 0 Å². The van der Waals surface area contributed by atoms with E-state index in [1.165, 1.54) is 0 Å². The van der Waals surface area contributed by atoms with Crippen molar-refractivity contribution in [3.8, 4) is 0 Å². The Bertz CT molecular complexity index is 747. The van der Waals surface area contributed by atoms with E-state index in [4.69, 9.17) is 5.73 Å². The third-order valence-electron chi connectivity index (χ3n) is 4.64. The summed E-state index contributed by atoms with van der Waals surface area (Å²) in [6.07, 6.45) is 3.83. The van der Waals surface area contributed by atoms with Gasteiger partial charge in [0.1, 0.15) is 6.04 Å². The highest BCUT2D eigenvalue weighted by atomic mass is 16.2. The van der Waals surface area contributed by atoms with Crippen molar-refractivity contribution in [3.05, 3.63) is 71.3 Å². The van der Waals surface area contributed by atoms with Gasteiger partial charge in [0.2, 0.25) is 11.8 Å². The molecule has 2 aromatic rings. The Morgan fingerprint density at radius 3 is 2.39 bits per heavy atom. The Labute approximate surface area is 167 Å². The number of nitrogens with one attached hydrogen (secondary N) is 2. The average Bonchev–Trinajstić information content (AvgIpc) is 2.72. The number of nitrogens with two attached hydrogens (primary N) is 1. The lowest BCUT2D eigenvalue weighted by Gasteiger charge is -2.19. The molecule has 0 aromatic heterocycles. The minimum atomic E-state index is -0.589. The molecular weight excluding hydrogens is 350 g/mol. The Balaban J connectivity index is 1.99. The number of rotatable bonds is 11. The molecule has 0 fully saturated rings. The van der Waals surface area contributed by atoms with E-state index in [2.05, 4.69) is 17.6 Å². The van der Waals surface area contributed by atoms with Crippen LogP contribution in [0.5, 0.6) is 0 Å². The van der Waals surface area contributed by atoms with Crippen molar-refractivity contribution in [2.45, 2.75) is 58.2 Å². The highest BCUT2D eigenvalue weighted by molar-refractivity contribution is 5.87. The molecule has 4 N–H and O–H groups in total. The van der Waals surface area contributed by atoms with E-state index in [1.807, 2.05) is 54.6 Å². The van der Waals surface area contributed by atoms with Crippen LogP contribution in [0.1, 0.15) is 49.3 Å². The summed E-state index contributed by atoms with van der Waals surface area (Å²) in [4.78, 5) is 25.1. The van der Waals surface area contributed by atoms with Gasteiger partial charge >= 0.3 is 0 Å². The van der Waals surface area contributed by atoms with Gasteiger partial charge in [-0.2, -0.15) is 0 Å². The van der Waals surface area contributed by atoms with Gasteiger partial charge in [0.25, 0.3) is 0 Å². The third-order valence-corrected chi connectivity index (χ3v) is 4.64. The predicted molar refractivity (Wildman–Crippen MR) is 112 cm³/mol. The van der Waals surface area contributed by atoms with Crippen molar-refractivity contribution >= 4 is 11.8 Å². The normalized spacial score (nSPS) is 11.6. The first-order valence-corrected chi connectivity index (χ1v) is 10.0. The lowest BCUT2D eigenvalue weighted by atomic mass is 10.0. The summed E-state index contributed by atoms with van der Waals surface area (Å²) in [5.41, 5.74) is 8.71. The minimum Gasteiger partial charge on any atom is -0.350 e. The molecule has 28 heavy (non-hydrogen) atoms. The number of carbonyl (C=O) groups excluding carboxylic acids is 2. The van der Waals surface area contributed by atoms with Gasteiger partial charge in [-0.1, -0.05) is 74.4 Å². The fourth-order valence-corrected chi connectivity index (χ4v) is 3.04. The van der Waals surface area contributed by atoms with Crippen LogP contribution in [-0.2, 0) is 29.1 Å². The van der Waals surface area contributed by atoms with Gasteiger partial charge in [-0.25, -0.2) is 0 Å². The molecule has 150 valence electrons. The summed E-state index contributed by atoms with van der Waals surface area (Å²) in [5.74, 6) is -0.250. The Hall–Kier alpha value is -2.66. The molecule has 1 atom stereocenters. The van der Waals surface area contributed by atoms with E-state index in [1.54, 1.807) is 0 Å². The highest BCUT2D eigenvalue weighted by Gasteiger charge is 2.21. The van der Waals surface area contributed by atoms with Crippen molar-refractivity contribution in [2.24, 2.45) is 5.73 Å². The third kappa shape index (κ3) is 7.53.